The second kappa shape index (κ2) is 5.42. The van der Waals surface area contributed by atoms with Gasteiger partial charge in [0.05, 0.1) is 18.1 Å². The molecule has 5 nitrogen and oxygen atoms in total. The molecule has 0 radical (unpaired) electrons. The molecular weight excluding hydrogens is 248 g/mol. The number of benzene rings is 1. The minimum atomic E-state index is -1.01. The first-order valence-electron chi connectivity index (χ1n) is 6.09. The number of aliphatic hydroxyl groups is 2. The van der Waals surface area contributed by atoms with E-state index in [0.29, 0.717) is 18.4 Å². The van der Waals surface area contributed by atoms with Gasteiger partial charge in [0, 0.05) is 0 Å². The molecule has 0 aromatic heterocycles. The highest BCUT2D eigenvalue weighted by atomic mass is 16.3. The highest BCUT2D eigenvalue weighted by Gasteiger charge is 2.36. The van der Waals surface area contributed by atoms with Crippen LogP contribution in [0.5, 0.6) is 11.5 Å². The van der Waals surface area contributed by atoms with Gasteiger partial charge in [-0.05, 0) is 36.6 Å². The van der Waals surface area contributed by atoms with Crippen LogP contribution in [0.15, 0.2) is 24.3 Å². The molecule has 2 rings (SSSR count). The Kier molecular flexibility index (Phi) is 3.87. The highest BCUT2D eigenvalue weighted by Crippen LogP contribution is 2.28. The third-order valence-electron chi connectivity index (χ3n) is 3.38. The zero-order chi connectivity index (χ0) is 14.0. The highest BCUT2D eigenvalue weighted by molar-refractivity contribution is 5.96. The molecule has 1 aliphatic carbocycles. The van der Waals surface area contributed by atoms with Crippen molar-refractivity contribution in [2.45, 2.75) is 25.0 Å². The van der Waals surface area contributed by atoms with Crippen LogP contribution in [0.2, 0.25) is 0 Å². The minimum absolute atomic E-state index is 0.224. The van der Waals surface area contributed by atoms with E-state index in [9.17, 15) is 20.1 Å². The van der Waals surface area contributed by atoms with Gasteiger partial charge in [0.25, 0.3) is 0 Å². The molecule has 0 amide bonds. The number of phenolic OH excluding ortho intramolecular Hbond substituents is 2. The van der Waals surface area contributed by atoms with Gasteiger partial charge in [-0.2, -0.15) is 0 Å². The predicted molar refractivity (Wildman–Crippen MR) is 68.6 cm³/mol. The summed E-state index contributed by atoms with van der Waals surface area (Å²) < 4.78 is 0. The number of rotatable bonds is 3. The maximum absolute atomic E-state index is 11.9. The number of carbonyl (C=O) groups is 1. The third kappa shape index (κ3) is 2.94. The molecule has 0 heterocycles. The second-order valence-electron chi connectivity index (χ2n) is 4.73. The molecule has 4 N–H and O–H groups in total. The lowest BCUT2D eigenvalue weighted by Crippen LogP contribution is -2.29. The van der Waals surface area contributed by atoms with Crippen molar-refractivity contribution in [1.29, 1.82) is 0 Å². The van der Waals surface area contributed by atoms with E-state index in [1.54, 1.807) is 6.07 Å². The molecule has 1 aromatic carbocycles. The number of allylic oxidation sites excluding steroid dienone is 1. The fraction of sp³-hybridized carbons (Fsp3) is 0.357. The molecule has 19 heavy (non-hydrogen) atoms. The zero-order valence-corrected chi connectivity index (χ0v) is 10.2. The molecule has 1 aromatic rings. The van der Waals surface area contributed by atoms with E-state index in [-0.39, 0.29) is 17.3 Å². The second-order valence-corrected chi connectivity index (χ2v) is 4.73. The summed E-state index contributed by atoms with van der Waals surface area (Å²) >= 11 is 0. The Balaban J connectivity index is 2.06. The lowest BCUT2D eigenvalue weighted by atomic mass is 9.99. The van der Waals surface area contributed by atoms with E-state index in [1.165, 1.54) is 24.3 Å². The summed E-state index contributed by atoms with van der Waals surface area (Å²) in [5.41, 5.74) is 0.566. The van der Waals surface area contributed by atoms with Crippen LogP contribution in [0.25, 0.3) is 6.08 Å². The summed E-state index contributed by atoms with van der Waals surface area (Å²) in [4.78, 5) is 11.9. The van der Waals surface area contributed by atoms with Crippen molar-refractivity contribution >= 4 is 11.9 Å². The number of hydrogen-bond acceptors (Lipinski definition) is 5. The van der Waals surface area contributed by atoms with Crippen LogP contribution in [-0.4, -0.2) is 38.4 Å². The number of phenols is 2. The van der Waals surface area contributed by atoms with Crippen LogP contribution >= 0.6 is 0 Å². The molecule has 3 unspecified atom stereocenters. The molecule has 0 spiro atoms. The summed E-state index contributed by atoms with van der Waals surface area (Å²) in [6.45, 7) is 0. The fourth-order valence-corrected chi connectivity index (χ4v) is 2.22. The Bertz CT molecular complexity index is 509. The van der Waals surface area contributed by atoms with E-state index in [0.717, 1.165) is 0 Å². The lowest BCUT2D eigenvalue weighted by molar-refractivity contribution is -0.121. The summed E-state index contributed by atoms with van der Waals surface area (Å²) in [6.07, 6.45) is 1.86. The van der Waals surface area contributed by atoms with Crippen molar-refractivity contribution in [3.05, 3.63) is 29.8 Å². The molecule has 1 fully saturated rings. The Morgan fingerprint density at radius 1 is 1.16 bits per heavy atom. The molecule has 3 atom stereocenters. The summed E-state index contributed by atoms with van der Waals surface area (Å²) in [7, 11) is 0. The molecule has 0 aliphatic heterocycles. The fourth-order valence-electron chi connectivity index (χ4n) is 2.22. The van der Waals surface area contributed by atoms with Gasteiger partial charge < -0.3 is 20.4 Å². The molecule has 102 valence electrons. The van der Waals surface area contributed by atoms with Gasteiger partial charge in [-0.1, -0.05) is 12.1 Å². The van der Waals surface area contributed by atoms with Gasteiger partial charge in [-0.3, -0.25) is 4.79 Å². The summed E-state index contributed by atoms with van der Waals surface area (Å²) in [5.74, 6) is -1.31. The van der Waals surface area contributed by atoms with Gasteiger partial charge >= 0.3 is 0 Å². The monoisotopic (exact) mass is 264 g/mol. The first-order valence-corrected chi connectivity index (χ1v) is 6.09. The largest absolute Gasteiger partial charge is 0.504 e. The molecule has 1 saturated carbocycles. The third-order valence-corrected chi connectivity index (χ3v) is 3.38. The average Bonchev–Trinajstić information content (AvgIpc) is 2.71. The first-order chi connectivity index (χ1) is 8.99. The smallest absolute Gasteiger partial charge is 0.161 e. The van der Waals surface area contributed by atoms with E-state index in [1.807, 2.05) is 0 Å². The van der Waals surface area contributed by atoms with Crippen LogP contribution in [0.1, 0.15) is 18.4 Å². The maximum atomic E-state index is 11.9. The Morgan fingerprint density at radius 3 is 2.47 bits per heavy atom. The molecule has 1 aliphatic rings. The lowest BCUT2D eigenvalue weighted by Gasteiger charge is -2.12. The summed E-state index contributed by atoms with van der Waals surface area (Å²) in [5, 5.41) is 37.5. The number of hydrogen-bond donors (Lipinski definition) is 4. The van der Waals surface area contributed by atoms with Crippen molar-refractivity contribution in [2.75, 3.05) is 0 Å². The van der Waals surface area contributed by atoms with E-state index in [4.69, 9.17) is 5.11 Å². The van der Waals surface area contributed by atoms with Gasteiger partial charge in [0.15, 0.2) is 17.3 Å². The minimum Gasteiger partial charge on any atom is -0.504 e. The SMILES string of the molecule is O=C(/C=C/c1ccc(O)c(O)c1)C1CCC(O)C1O. The number of carbonyl (C=O) groups excluding carboxylic acids is 1. The predicted octanol–water partition coefficient (Wildman–Crippen LogP) is 0.812. The Hall–Kier alpha value is -1.85. The van der Waals surface area contributed by atoms with E-state index in [2.05, 4.69) is 0 Å². The van der Waals surface area contributed by atoms with Crippen molar-refractivity contribution in [2.24, 2.45) is 5.92 Å². The molecule has 0 saturated heterocycles. The van der Waals surface area contributed by atoms with Crippen molar-refractivity contribution < 1.29 is 25.2 Å². The zero-order valence-electron chi connectivity index (χ0n) is 10.2. The van der Waals surface area contributed by atoms with Gasteiger partial charge in [-0.25, -0.2) is 0 Å². The molecular formula is C14H16O5. The number of ketones is 1. The van der Waals surface area contributed by atoms with Crippen molar-refractivity contribution in [3.8, 4) is 11.5 Å². The normalized spacial score (nSPS) is 26.9. The van der Waals surface area contributed by atoms with E-state index < -0.39 is 18.1 Å². The number of aromatic hydroxyl groups is 2. The maximum Gasteiger partial charge on any atom is 0.161 e. The average molecular weight is 264 g/mol. The Labute approximate surface area is 110 Å². The van der Waals surface area contributed by atoms with Gasteiger partial charge in [0.2, 0.25) is 0 Å². The first kappa shape index (κ1) is 13.6. The van der Waals surface area contributed by atoms with Crippen LogP contribution in [0, 0.1) is 5.92 Å². The van der Waals surface area contributed by atoms with E-state index >= 15 is 0 Å². The van der Waals surface area contributed by atoms with Crippen LogP contribution < -0.4 is 0 Å². The van der Waals surface area contributed by atoms with Gasteiger partial charge in [0.1, 0.15) is 0 Å². The number of aliphatic hydroxyl groups excluding tert-OH is 2. The quantitative estimate of drug-likeness (QED) is 0.478. The van der Waals surface area contributed by atoms with Crippen LogP contribution in [-0.2, 0) is 4.79 Å². The molecule has 5 heteroatoms. The van der Waals surface area contributed by atoms with Gasteiger partial charge in [-0.15, -0.1) is 0 Å². The molecule has 0 bridgehead atoms. The van der Waals surface area contributed by atoms with Crippen LogP contribution in [0.3, 0.4) is 0 Å². The van der Waals surface area contributed by atoms with Crippen molar-refractivity contribution in [1.82, 2.24) is 0 Å². The Morgan fingerprint density at radius 2 is 1.89 bits per heavy atom. The summed E-state index contributed by atoms with van der Waals surface area (Å²) in [6, 6.07) is 4.21. The topological polar surface area (TPSA) is 98.0 Å². The van der Waals surface area contributed by atoms with Crippen LogP contribution in [0.4, 0.5) is 0 Å². The standard InChI is InChI=1S/C14H16O5/c15-10(9-3-6-12(17)14(9)19)4-1-8-2-5-11(16)13(18)7-8/h1-2,4-5,7,9,12,14,16-19H,3,6H2/b4-1+. The van der Waals surface area contributed by atoms with Crippen molar-refractivity contribution in [3.63, 3.8) is 0 Å².